The first-order chi connectivity index (χ1) is 17.3. The molecule has 202 valence electrons. The van der Waals surface area contributed by atoms with Crippen molar-refractivity contribution in [3.05, 3.63) is 57.6 Å². The molecule has 0 aliphatic carbocycles. The zero-order valence-corrected chi connectivity index (χ0v) is 23.7. The van der Waals surface area contributed by atoms with E-state index in [9.17, 15) is 18.3 Å². The molecule has 2 aromatic carbocycles. The highest BCUT2D eigenvalue weighted by Crippen LogP contribution is 2.43. The van der Waals surface area contributed by atoms with Gasteiger partial charge in [0, 0.05) is 31.7 Å². The number of ether oxygens (including phenoxy) is 1. The summed E-state index contributed by atoms with van der Waals surface area (Å²) >= 11 is 0. The van der Waals surface area contributed by atoms with E-state index in [0.717, 1.165) is 58.2 Å². The molecule has 1 atom stereocenters. The van der Waals surface area contributed by atoms with Gasteiger partial charge < -0.3 is 9.84 Å². The molecule has 1 unspecified atom stereocenters. The molecule has 0 aromatic heterocycles. The highest BCUT2D eigenvalue weighted by Gasteiger charge is 2.38. The Kier molecular flexibility index (Phi) is 7.87. The van der Waals surface area contributed by atoms with Crippen LogP contribution < -0.4 is 0 Å². The lowest BCUT2D eigenvalue weighted by Crippen LogP contribution is -2.47. The van der Waals surface area contributed by atoms with Crippen molar-refractivity contribution in [3.8, 4) is 11.1 Å². The number of benzene rings is 2. The van der Waals surface area contributed by atoms with Crippen LogP contribution in [-0.2, 0) is 32.7 Å². The molecule has 4 rings (SSSR count). The highest BCUT2D eigenvalue weighted by molar-refractivity contribution is 7.86. The number of hydrogen-bond donors (Lipinski definition) is 1. The average Bonchev–Trinajstić information content (AvgIpc) is 2.85. The number of rotatable bonds is 6. The predicted molar refractivity (Wildman–Crippen MR) is 146 cm³/mol. The van der Waals surface area contributed by atoms with Crippen molar-refractivity contribution in [1.82, 2.24) is 8.61 Å². The summed E-state index contributed by atoms with van der Waals surface area (Å²) in [5, 5.41) is 10.3. The van der Waals surface area contributed by atoms with E-state index >= 15 is 0 Å². The van der Waals surface area contributed by atoms with E-state index in [4.69, 9.17) is 4.74 Å². The molecule has 0 bridgehead atoms. The molecule has 1 saturated heterocycles. The van der Waals surface area contributed by atoms with Crippen molar-refractivity contribution in [3.63, 3.8) is 0 Å². The minimum atomic E-state index is -3.58. The normalized spacial score (nSPS) is 18.4. The second-order valence-electron chi connectivity index (χ2n) is 11.4. The molecule has 0 spiro atoms. The maximum atomic E-state index is 13.5. The molecular weight excluding hydrogens is 488 g/mol. The van der Waals surface area contributed by atoms with E-state index in [1.807, 2.05) is 65.8 Å². The molecule has 1 fully saturated rings. The Labute approximate surface area is 221 Å². The van der Waals surface area contributed by atoms with E-state index in [-0.39, 0.29) is 6.54 Å². The number of carboxylic acids is 1. The molecular formula is C29H40N2O5S. The van der Waals surface area contributed by atoms with Crippen molar-refractivity contribution < 1.29 is 23.1 Å². The summed E-state index contributed by atoms with van der Waals surface area (Å²) in [6, 6.07) is 8.11. The lowest BCUT2D eigenvalue weighted by atomic mass is 9.80. The Morgan fingerprint density at radius 3 is 2.11 bits per heavy atom. The van der Waals surface area contributed by atoms with Gasteiger partial charge in [0.1, 0.15) is 0 Å². The standard InChI is InChI=1S/C29H40N2O5S/c1-19-10-12-22(13-11-19)25-20(2)23-14-17-31(37(34,35)30-15-8-7-9-16-30)18-24(23)21(3)26(25)27(28(32)33)36-29(4,5)6/h10-13,27H,7-9,14-18H2,1-6H3,(H,32,33). The Hall–Kier alpha value is -2.26. The van der Waals surface area contributed by atoms with Crippen LogP contribution in [0.25, 0.3) is 11.1 Å². The quantitative estimate of drug-likeness (QED) is 0.549. The molecule has 0 amide bonds. The van der Waals surface area contributed by atoms with Crippen molar-refractivity contribution >= 4 is 16.2 Å². The van der Waals surface area contributed by atoms with E-state index < -0.39 is 27.9 Å². The minimum Gasteiger partial charge on any atom is -0.479 e. The number of nitrogens with zero attached hydrogens (tertiary/aromatic N) is 2. The van der Waals surface area contributed by atoms with Gasteiger partial charge in [-0.05, 0) is 94.2 Å². The molecule has 2 aromatic rings. The van der Waals surface area contributed by atoms with Crippen molar-refractivity contribution in [2.75, 3.05) is 19.6 Å². The first-order valence-corrected chi connectivity index (χ1v) is 14.6. The van der Waals surface area contributed by atoms with Crippen LogP contribution >= 0.6 is 0 Å². The third kappa shape index (κ3) is 5.62. The largest absolute Gasteiger partial charge is 0.479 e. The number of aliphatic carboxylic acids is 1. The fourth-order valence-corrected chi connectivity index (χ4v) is 7.32. The minimum absolute atomic E-state index is 0.240. The third-order valence-electron chi connectivity index (χ3n) is 7.53. The Morgan fingerprint density at radius 2 is 1.54 bits per heavy atom. The Balaban J connectivity index is 1.89. The summed E-state index contributed by atoms with van der Waals surface area (Å²) in [7, 11) is -3.58. The summed E-state index contributed by atoms with van der Waals surface area (Å²) < 4.78 is 36.4. The van der Waals surface area contributed by atoms with Crippen molar-refractivity contribution in [1.29, 1.82) is 0 Å². The molecule has 8 heteroatoms. The number of piperidine rings is 1. The molecule has 7 nitrogen and oxygen atoms in total. The first-order valence-electron chi connectivity index (χ1n) is 13.2. The number of carbonyl (C=O) groups is 1. The van der Waals surface area contributed by atoms with Gasteiger partial charge in [-0.3, -0.25) is 0 Å². The van der Waals surface area contributed by atoms with E-state index in [0.29, 0.717) is 31.6 Å². The number of aryl methyl sites for hydroxylation is 1. The molecule has 2 heterocycles. The van der Waals surface area contributed by atoms with Crippen molar-refractivity contribution in [2.24, 2.45) is 0 Å². The van der Waals surface area contributed by atoms with Gasteiger partial charge in [-0.2, -0.15) is 17.0 Å². The van der Waals surface area contributed by atoms with Crippen LogP contribution in [0.5, 0.6) is 0 Å². The summed E-state index contributed by atoms with van der Waals surface area (Å²) in [6.45, 7) is 13.3. The maximum Gasteiger partial charge on any atom is 0.337 e. The summed E-state index contributed by atoms with van der Waals surface area (Å²) in [5.41, 5.74) is 6.67. The fraction of sp³-hybridized carbons (Fsp3) is 0.552. The zero-order chi connectivity index (χ0) is 27.1. The summed E-state index contributed by atoms with van der Waals surface area (Å²) in [6.07, 6.45) is 2.23. The SMILES string of the molecule is Cc1ccc(-c2c(C)c3c(c(C)c2C(OC(C)(C)C)C(=O)O)CN(S(=O)(=O)N2CCCCC2)CC3)cc1. The number of hydrogen-bond acceptors (Lipinski definition) is 4. The summed E-state index contributed by atoms with van der Waals surface area (Å²) in [4.78, 5) is 12.6. The van der Waals surface area contributed by atoms with E-state index in [1.165, 1.54) is 0 Å². The first kappa shape index (κ1) is 27.8. The Morgan fingerprint density at radius 1 is 0.919 bits per heavy atom. The van der Waals surface area contributed by atoms with E-state index in [2.05, 4.69) is 0 Å². The number of fused-ring (bicyclic) bond motifs is 1. The van der Waals surface area contributed by atoms with Gasteiger partial charge >= 0.3 is 5.97 Å². The van der Waals surface area contributed by atoms with Gasteiger partial charge in [0.2, 0.25) is 0 Å². The second kappa shape index (κ2) is 10.5. The predicted octanol–water partition coefficient (Wildman–Crippen LogP) is 5.31. The zero-order valence-electron chi connectivity index (χ0n) is 22.9. The van der Waals surface area contributed by atoms with Crippen LogP contribution in [0.1, 0.15) is 79.5 Å². The average molecular weight is 529 g/mol. The van der Waals surface area contributed by atoms with Gasteiger partial charge in [-0.15, -0.1) is 0 Å². The highest BCUT2D eigenvalue weighted by atomic mass is 32.2. The number of carboxylic acid groups (broad SMARTS) is 1. The van der Waals surface area contributed by atoms with E-state index in [1.54, 1.807) is 8.61 Å². The van der Waals surface area contributed by atoms with Crippen LogP contribution in [0.15, 0.2) is 24.3 Å². The lowest BCUT2D eigenvalue weighted by Gasteiger charge is -2.37. The van der Waals surface area contributed by atoms with Crippen LogP contribution in [0.3, 0.4) is 0 Å². The molecule has 2 aliphatic heterocycles. The topological polar surface area (TPSA) is 87.1 Å². The maximum absolute atomic E-state index is 13.5. The van der Waals surface area contributed by atoms with Crippen LogP contribution in [0.4, 0.5) is 0 Å². The van der Waals surface area contributed by atoms with Crippen LogP contribution in [0.2, 0.25) is 0 Å². The third-order valence-corrected chi connectivity index (χ3v) is 9.51. The van der Waals surface area contributed by atoms with Crippen molar-refractivity contribution in [2.45, 2.75) is 85.5 Å². The van der Waals surface area contributed by atoms with Gasteiger partial charge in [0.25, 0.3) is 10.2 Å². The van der Waals surface area contributed by atoms with Gasteiger partial charge in [-0.1, -0.05) is 36.2 Å². The molecule has 2 aliphatic rings. The lowest BCUT2D eigenvalue weighted by molar-refractivity contribution is -0.160. The molecule has 1 N–H and O–H groups in total. The molecule has 0 radical (unpaired) electrons. The summed E-state index contributed by atoms with van der Waals surface area (Å²) in [5.74, 6) is -1.06. The van der Waals surface area contributed by atoms with Gasteiger partial charge in [0.05, 0.1) is 5.60 Å². The smallest absolute Gasteiger partial charge is 0.337 e. The van der Waals surface area contributed by atoms with Crippen LogP contribution in [-0.4, -0.2) is 53.3 Å². The fourth-order valence-electron chi connectivity index (χ4n) is 5.66. The second-order valence-corrected chi connectivity index (χ2v) is 13.3. The van der Waals surface area contributed by atoms with Gasteiger partial charge in [0.15, 0.2) is 6.10 Å². The molecule has 0 saturated carbocycles. The Bertz CT molecular complexity index is 1270. The van der Waals surface area contributed by atoms with Crippen LogP contribution in [0, 0.1) is 20.8 Å². The van der Waals surface area contributed by atoms with Gasteiger partial charge in [-0.25, -0.2) is 4.79 Å². The monoisotopic (exact) mass is 528 g/mol. The molecule has 37 heavy (non-hydrogen) atoms.